The Bertz CT molecular complexity index is 1000. The molecule has 0 spiro atoms. The van der Waals surface area contributed by atoms with Crippen LogP contribution in [0.1, 0.15) is 23.6 Å². The number of aromatic nitrogens is 2. The Morgan fingerprint density at radius 1 is 1.23 bits per heavy atom. The topological polar surface area (TPSA) is 56.1 Å². The van der Waals surface area contributed by atoms with E-state index in [1.165, 1.54) is 12.1 Å². The second kappa shape index (κ2) is 6.25. The van der Waals surface area contributed by atoms with Gasteiger partial charge in [-0.05, 0) is 18.2 Å². The number of hydrogen-bond donors (Lipinski definition) is 1. The molecule has 2 heterocycles. The fraction of sp³-hybridized carbons (Fsp3) is 0.158. The van der Waals surface area contributed by atoms with Crippen molar-refractivity contribution in [3.05, 3.63) is 71.7 Å². The van der Waals surface area contributed by atoms with E-state index < -0.39 is 17.6 Å². The zero-order chi connectivity index (χ0) is 18.3. The van der Waals surface area contributed by atoms with Gasteiger partial charge in [-0.2, -0.15) is 0 Å². The first-order chi connectivity index (χ1) is 12.6. The van der Waals surface area contributed by atoms with Crippen LogP contribution >= 0.6 is 0 Å². The second-order valence-electron chi connectivity index (χ2n) is 6.00. The molecule has 1 aromatic heterocycles. The summed E-state index contributed by atoms with van der Waals surface area (Å²) in [6.45, 7) is 0. The summed E-state index contributed by atoms with van der Waals surface area (Å²) in [5.41, 5.74) is 1.35. The third-order valence-corrected chi connectivity index (χ3v) is 4.46. The van der Waals surface area contributed by atoms with Gasteiger partial charge in [0, 0.05) is 24.0 Å². The molecular formula is C19H15F2N3O2. The monoisotopic (exact) mass is 355 g/mol. The lowest BCUT2D eigenvalue weighted by molar-refractivity contribution is -0.116. The van der Waals surface area contributed by atoms with Gasteiger partial charge in [-0.3, -0.25) is 9.36 Å². The summed E-state index contributed by atoms with van der Waals surface area (Å²) in [5, 5.41) is 2.78. The highest BCUT2D eigenvalue weighted by Gasteiger charge is 2.33. The van der Waals surface area contributed by atoms with Crippen LogP contribution in [0, 0.1) is 11.6 Å². The zero-order valence-electron chi connectivity index (χ0n) is 13.9. The van der Waals surface area contributed by atoms with Gasteiger partial charge in [-0.25, -0.2) is 13.8 Å². The molecule has 0 radical (unpaired) electrons. The maximum atomic E-state index is 14.3. The van der Waals surface area contributed by atoms with E-state index in [0.29, 0.717) is 17.3 Å². The highest BCUT2D eigenvalue weighted by Crippen LogP contribution is 2.38. The van der Waals surface area contributed by atoms with E-state index in [-0.39, 0.29) is 17.9 Å². The first-order valence-electron chi connectivity index (χ1n) is 8.04. The van der Waals surface area contributed by atoms with Crippen LogP contribution in [0.15, 0.2) is 48.8 Å². The number of imidazole rings is 1. The minimum atomic E-state index is -0.950. The first-order valence-corrected chi connectivity index (χ1v) is 8.04. The number of ether oxygens (including phenoxy) is 1. The van der Waals surface area contributed by atoms with Crippen molar-refractivity contribution in [1.29, 1.82) is 0 Å². The molecule has 7 heteroatoms. The predicted octanol–water partition coefficient (Wildman–Crippen LogP) is 3.63. The molecule has 0 saturated carbocycles. The maximum absolute atomic E-state index is 14.3. The molecule has 1 aliphatic rings. The van der Waals surface area contributed by atoms with Crippen molar-refractivity contribution in [3.63, 3.8) is 0 Å². The van der Waals surface area contributed by atoms with Gasteiger partial charge >= 0.3 is 0 Å². The predicted molar refractivity (Wildman–Crippen MR) is 91.6 cm³/mol. The largest absolute Gasteiger partial charge is 0.497 e. The van der Waals surface area contributed by atoms with Crippen molar-refractivity contribution in [2.75, 3.05) is 12.4 Å². The van der Waals surface area contributed by atoms with Gasteiger partial charge in [0.05, 0.1) is 18.5 Å². The number of nitrogens with zero attached hydrogens (tertiary/aromatic N) is 2. The number of nitrogens with one attached hydrogen (secondary N) is 1. The van der Waals surface area contributed by atoms with E-state index in [4.69, 9.17) is 4.74 Å². The molecule has 26 heavy (non-hydrogen) atoms. The Balaban J connectivity index is 1.84. The van der Waals surface area contributed by atoms with Crippen LogP contribution in [0.5, 0.6) is 5.75 Å². The second-order valence-corrected chi connectivity index (χ2v) is 6.00. The van der Waals surface area contributed by atoms with E-state index in [0.717, 1.165) is 11.8 Å². The number of halogens is 2. The molecule has 1 aliphatic heterocycles. The minimum absolute atomic E-state index is 0.00248. The molecule has 132 valence electrons. The van der Waals surface area contributed by atoms with Gasteiger partial charge in [0.25, 0.3) is 0 Å². The molecule has 0 saturated heterocycles. The fourth-order valence-corrected chi connectivity index (χ4v) is 3.21. The summed E-state index contributed by atoms with van der Waals surface area (Å²) in [6, 6.07) is 11.2. The molecule has 0 unspecified atom stereocenters. The van der Waals surface area contributed by atoms with Crippen LogP contribution in [0.3, 0.4) is 0 Å². The SMILES string of the molecule is COc1cccc(-n2cnc3c2NC(=O)C[C@@H]3c2cccc(F)c2F)c1. The quantitative estimate of drug-likeness (QED) is 0.781. The number of anilines is 1. The summed E-state index contributed by atoms with van der Waals surface area (Å²) in [5.74, 6) is -1.73. The number of rotatable bonds is 3. The maximum Gasteiger partial charge on any atom is 0.226 e. The van der Waals surface area contributed by atoms with Crippen LogP contribution in [-0.2, 0) is 4.79 Å². The number of methoxy groups -OCH3 is 1. The Hall–Kier alpha value is -3.22. The molecule has 0 aliphatic carbocycles. The number of carbonyl (C=O) groups is 1. The average Bonchev–Trinajstić information content (AvgIpc) is 3.07. The van der Waals surface area contributed by atoms with E-state index >= 15 is 0 Å². The number of hydrogen-bond acceptors (Lipinski definition) is 3. The summed E-state index contributed by atoms with van der Waals surface area (Å²) >= 11 is 0. The third kappa shape index (κ3) is 2.61. The van der Waals surface area contributed by atoms with Crippen molar-refractivity contribution in [2.24, 2.45) is 0 Å². The lowest BCUT2D eigenvalue weighted by Gasteiger charge is -2.23. The molecule has 5 nitrogen and oxygen atoms in total. The highest BCUT2D eigenvalue weighted by molar-refractivity contribution is 5.94. The Kier molecular flexibility index (Phi) is 3.91. The molecule has 3 aromatic rings. The van der Waals surface area contributed by atoms with Gasteiger partial charge < -0.3 is 10.1 Å². The molecule has 4 rings (SSSR count). The third-order valence-electron chi connectivity index (χ3n) is 4.46. The Morgan fingerprint density at radius 2 is 2.04 bits per heavy atom. The summed E-state index contributed by atoms with van der Waals surface area (Å²) < 4.78 is 34.8. The molecule has 1 atom stereocenters. The van der Waals surface area contributed by atoms with Gasteiger partial charge in [-0.15, -0.1) is 0 Å². The molecule has 1 N–H and O–H groups in total. The normalized spacial score (nSPS) is 16.1. The Morgan fingerprint density at radius 3 is 2.85 bits per heavy atom. The van der Waals surface area contributed by atoms with E-state index in [2.05, 4.69) is 10.3 Å². The number of carbonyl (C=O) groups excluding carboxylic acids is 1. The van der Waals surface area contributed by atoms with Gasteiger partial charge in [0.2, 0.25) is 5.91 Å². The van der Waals surface area contributed by atoms with Gasteiger partial charge in [0.15, 0.2) is 11.6 Å². The minimum Gasteiger partial charge on any atom is -0.497 e. The number of fused-ring (bicyclic) bond motifs is 1. The van der Waals surface area contributed by atoms with E-state index in [9.17, 15) is 13.6 Å². The summed E-state index contributed by atoms with van der Waals surface area (Å²) in [4.78, 5) is 16.6. The van der Waals surface area contributed by atoms with Crippen molar-refractivity contribution in [3.8, 4) is 11.4 Å². The zero-order valence-corrected chi connectivity index (χ0v) is 13.9. The van der Waals surface area contributed by atoms with Crippen LogP contribution in [0.2, 0.25) is 0 Å². The van der Waals surface area contributed by atoms with Gasteiger partial charge in [-0.1, -0.05) is 18.2 Å². The van der Waals surface area contributed by atoms with E-state index in [1.807, 2.05) is 12.1 Å². The summed E-state index contributed by atoms with van der Waals surface area (Å²) in [6.07, 6.45) is 1.55. The van der Waals surface area contributed by atoms with Crippen LogP contribution in [-0.4, -0.2) is 22.6 Å². The Labute approximate surface area is 148 Å². The lowest BCUT2D eigenvalue weighted by Crippen LogP contribution is -2.25. The standard InChI is InChI=1S/C19H15F2N3O2/c1-26-12-5-2-4-11(8-12)24-10-22-18-14(9-16(25)23-19(18)24)13-6-3-7-15(20)17(13)21/h2-8,10,14H,9H2,1H3,(H,23,25)/t14-/m1/s1. The fourth-order valence-electron chi connectivity index (χ4n) is 3.21. The molecule has 1 amide bonds. The number of benzene rings is 2. The van der Waals surface area contributed by atoms with Crippen molar-refractivity contribution < 1.29 is 18.3 Å². The van der Waals surface area contributed by atoms with E-state index in [1.54, 1.807) is 30.1 Å². The first kappa shape index (κ1) is 16.3. The molecule has 0 bridgehead atoms. The van der Waals surface area contributed by atoms with Crippen LogP contribution < -0.4 is 10.1 Å². The number of amides is 1. The van der Waals surface area contributed by atoms with Crippen molar-refractivity contribution >= 4 is 11.7 Å². The highest BCUT2D eigenvalue weighted by atomic mass is 19.2. The molecule has 0 fully saturated rings. The van der Waals surface area contributed by atoms with Crippen molar-refractivity contribution in [2.45, 2.75) is 12.3 Å². The average molecular weight is 355 g/mol. The summed E-state index contributed by atoms with van der Waals surface area (Å²) in [7, 11) is 1.56. The van der Waals surface area contributed by atoms with Crippen LogP contribution in [0.4, 0.5) is 14.6 Å². The van der Waals surface area contributed by atoms with Crippen molar-refractivity contribution in [1.82, 2.24) is 9.55 Å². The molecule has 2 aromatic carbocycles. The molecular weight excluding hydrogens is 340 g/mol. The lowest BCUT2D eigenvalue weighted by atomic mass is 9.89. The van der Waals surface area contributed by atoms with Gasteiger partial charge in [0.1, 0.15) is 17.9 Å². The van der Waals surface area contributed by atoms with Crippen LogP contribution in [0.25, 0.3) is 5.69 Å². The smallest absolute Gasteiger partial charge is 0.226 e.